The summed E-state index contributed by atoms with van der Waals surface area (Å²) in [4.78, 5) is 24.7. The Labute approximate surface area is 166 Å². The molecule has 150 valence electrons. The first-order valence-corrected chi connectivity index (χ1v) is 9.66. The van der Waals surface area contributed by atoms with E-state index in [0.29, 0.717) is 30.6 Å². The molecule has 2 aromatic carbocycles. The number of alkyl halides is 1. The fourth-order valence-electron chi connectivity index (χ4n) is 4.59. The van der Waals surface area contributed by atoms with Crippen LogP contribution >= 0.6 is 0 Å². The predicted molar refractivity (Wildman–Crippen MR) is 101 cm³/mol. The molecule has 5 atom stereocenters. The van der Waals surface area contributed by atoms with Crippen LogP contribution in [0, 0.1) is 11.8 Å². The molecule has 2 unspecified atom stereocenters. The van der Waals surface area contributed by atoms with Crippen LogP contribution in [0.5, 0.6) is 5.75 Å². The second-order valence-electron chi connectivity index (χ2n) is 7.81. The van der Waals surface area contributed by atoms with Crippen molar-refractivity contribution >= 4 is 11.9 Å². The van der Waals surface area contributed by atoms with Crippen molar-refractivity contribution in [1.82, 2.24) is 5.32 Å². The largest absolute Gasteiger partial charge is 0.485 e. The van der Waals surface area contributed by atoms with Gasteiger partial charge in [0.1, 0.15) is 24.1 Å². The van der Waals surface area contributed by atoms with Crippen LogP contribution in [0.2, 0.25) is 0 Å². The van der Waals surface area contributed by atoms with E-state index in [4.69, 9.17) is 9.47 Å². The van der Waals surface area contributed by atoms with E-state index in [-0.39, 0.29) is 28.8 Å². The van der Waals surface area contributed by atoms with Crippen LogP contribution < -0.4 is 10.1 Å². The lowest BCUT2D eigenvalue weighted by Crippen LogP contribution is -2.30. The lowest BCUT2D eigenvalue weighted by Gasteiger charge is -2.16. The number of nitrogens with one attached hydrogen (secondary N) is 1. The van der Waals surface area contributed by atoms with E-state index in [1.54, 1.807) is 6.07 Å². The molecule has 0 bridgehead atoms. The number of carboxylic acids is 1. The van der Waals surface area contributed by atoms with Gasteiger partial charge in [0.2, 0.25) is 0 Å². The van der Waals surface area contributed by atoms with Gasteiger partial charge in [0, 0.05) is 29.0 Å². The van der Waals surface area contributed by atoms with Gasteiger partial charge in [0.05, 0.1) is 19.1 Å². The van der Waals surface area contributed by atoms with Crippen molar-refractivity contribution in [2.45, 2.75) is 18.1 Å². The second kappa shape index (κ2) is 6.84. The summed E-state index contributed by atoms with van der Waals surface area (Å²) in [5.74, 6) is -1.20. The summed E-state index contributed by atoms with van der Waals surface area (Å²) in [6, 6.07) is 12.3. The topological polar surface area (TPSA) is 84.9 Å². The molecule has 2 aliphatic heterocycles. The number of halogens is 1. The fourth-order valence-corrected chi connectivity index (χ4v) is 4.59. The molecule has 3 aliphatic rings. The number of amides is 1. The molecule has 0 spiro atoms. The van der Waals surface area contributed by atoms with E-state index in [1.165, 1.54) is 6.07 Å². The first-order chi connectivity index (χ1) is 14.1. The van der Waals surface area contributed by atoms with Crippen LogP contribution in [0.15, 0.2) is 42.5 Å². The van der Waals surface area contributed by atoms with Gasteiger partial charge in [-0.3, -0.25) is 4.79 Å². The molecule has 29 heavy (non-hydrogen) atoms. The van der Waals surface area contributed by atoms with Crippen molar-refractivity contribution in [2.75, 3.05) is 19.9 Å². The van der Waals surface area contributed by atoms with Crippen LogP contribution in [0.25, 0.3) is 0 Å². The molecule has 2 N–H and O–H groups in total. The number of hydrogen-bond donors (Lipinski definition) is 2. The number of carbonyl (C=O) groups excluding carboxylic acids is 1. The number of aromatic carboxylic acids is 1. The minimum absolute atomic E-state index is 0.0672. The highest BCUT2D eigenvalue weighted by atomic mass is 19.1. The standard InChI is InChI=1S/C22H20FNO5/c23-8-17-18(11-4-2-1-3-5-11)13-6-12(7-14(22(26)27)20(13)29-17)21(25)24-19-15-9-28-10-16(15)19/h1-7,15-19H,8-10H2,(H,24,25)(H,26,27)/t15-,16+,17?,18?,19+. The monoisotopic (exact) mass is 397 g/mol. The van der Waals surface area contributed by atoms with Gasteiger partial charge in [-0.2, -0.15) is 0 Å². The summed E-state index contributed by atoms with van der Waals surface area (Å²) in [5, 5.41) is 12.7. The molecule has 1 saturated carbocycles. The maximum absolute atomic E-state index is 13.7. The second-order valence-corrected chi connectivity index (χ2v) is 7.81. The Morgan fingerprint density at radius 3 is 2.52 bits per heavy atom. The first kappa shape index (κ1) is 18.1. The number of carbonyl (C=O) groups is 2. The number of ether oxygens (including phenoxy) is 2. The molecule has 0 aromatic heterocycles. The highest BCUT2D eigenvalue weighted by Gasteiger charge is 2.54. The number of benzene rings is 2. The van der Waals surface area contributed by atoms with E-state index < -0.39 is 24.7 Å². The van der Waals surface area contributed by atoms with E-state index in [1.807, 2.05) is 30.3 Å². The Bertz CT molecular complexity index is 969. The Balaban J connectivity index is 1.53. The Hall–Kier alpha value is -2.93. The zero-order chi connectivity index (χ0) is 20.1. The van der Waals surface area contributed by atoms with Crippen LogP contribution in [0.4, 0.5) is 4.39 Å². The van der Waals surface area contributed by atoms with Crippen LogP contribution in [-0.2, 0) is 4.74 Å². The molecule has 0 radical (unpaired) electrons. The van der Waals surface area contributed by atoms with Gasteiger partial charge in [0.25, 0.3) is 5.91 Å². The van der Waals surface area contributed by atoms with Crippen molar-refractivity contribution in [3.8, 4) is 5.75 Å². The van der Waals surface area contributed by atoms with Crippen molar-refractivity contribution < 1.29 is 28.6 Å². The molecular formula is C22H20FNO5. The molecule has 2 heterocycles. The predicted octanol–water partition coefficient (Wildman–Crippen LogP) is 2.62. The van der Waals surface area contributed by atoms with E-state index in [2.05, 4.69) is 5.32 Å². The molecule has 2 fully saturated rings. The molecule has 1 amide bonds. The quantitative estimate of drug-likeness (QED) is 0.810. The van der Waals surface area contributed by atoms with Gasteiger partial charge in [-0.15, -0.1) is 0 Å². The Kier molecular flexibility index (Phi) is 4.28. The first-order valence-electron chi connectivity index (χ1n) is 9.66. The maximum Gasteiger partial charge on any atom is 0.339 e. The van der Waals surface area contributed by atoms with E-state index >= 15 is 0 Å². The molecule has 7 heteroatoms. The molecule has 2 aromatic rings. The summed E-state index contributed by atoms with van der Waals surface area (Å²) in [5.41, 5.74) is 1.47. The van der Waals surface area contributed by atoms with E-state index in [9.17, 15) is 19.1 Å². The SMILES string of the molecule is O=C(N[C@H]1[C@@H]2COC[C@@H]21)c1cc(C(=O)O)c2c(c1)C(c1ccccc1)C(CF)O2. The van der Waals surface area contributed by atoms with Crippen molar-refractivity contribution in [1.29, 1.82) is 0 Å². The van der Waals surface area contributed by atoms with Crippen molar-refractivity contribution in [3.63, 3.8) is 0 Å². The van der Waals surface area contributed by atoms with Crippen LogP contribution in [0.3, 0.4) is 0 Å². The lowest BCUT2D eigenvalue weighted by atomic mass is 9.87. The minimum Gasteiger partial charge on any atom is -0.485 e. The number of carboxylic acid groups (broad SMARTS) is 1. The van der Waals surface area contributed by atoms with Crippen molar-refractivity contribution in [2.24, 2.45) is 11.8 Å². The maximum atomic E-state index is 13.7. The van der Waals surface area contributed by atoms with Crippen molar-refractivity contribution in [3.05, 3.63) is 64.7 Å². The van der Waals surface area contributed by atoms with Gasteiger partial charge >= 0.3 is 5.97 Å². The third-order valence-electron chi connectivity index (χ3n) is 6.15. The third-order valence-corrected chi connectivity index (χ3v) is 6.15. The average molecular weight is 397 g/mol. The van der Waals surface area contributed by atoms with Gasteiger partial charge in [-0.1, -0.05) is 30.3 Å². The molecule has 6 nitrogen and oxygen atoms in total. The Morgan fingerprint density at radius 2 is 1.86 bits per heavy atom. The number of hydrogen-bond acceptors (Lipinski definition) is 4. The third kappa shape index (κ3) is 2.97. The minimum atomic E-state index is -1.21. The molecule has 1 saturated heterocycles. The van der Waals surface area contributed by atoms with Gasteiger partial charge in [0.15, 0.2) is 0 Å². The molecule has 5 rings (SSSR count). The average Bonchev–Trinajstić information content (AvgIpc) is 3.10. The molecular weight excluding hydrogens is 377 g/mol. The molecule has 1 aliphatic carbocycles. The van der Waals surface area contributed by atoms with Gasteiger partial charge in [-0.05, 0) is 17.7 Å². The normalized spacial score (nSPS) is 28.9. The van der Waals surface area contributed by atoms with Gasteiger partial charge in [-0.25, -0.2) is 9.18 Å². The summed E-state index contributed by atoms with van der Waals surface area (Å²) in [7, 11) is 0. The van der Waals surface area contributed by atoms with Gasteiger partial charge < -0.3 is 19.9 Å². The zero-order valence-corrected chi connectivity index (χ0v) is 15.5. The Morgan fingerprint density at radius 1 is 1.14 bits per heavy atom. The number of rotatable bonds is 5. The summed E-state index contributed by atoms with van der Waals surface area (Å²) in [6.07, 6.45) is -0.830. The van der Waals surface area contributed by atoms with Crippen LogP contribution in [-0.4, -0.2) is 49.0 Å². The van der Waals surface area contributed by atoms with E-state index in [0.717, 1.165) is 5.56 Å². The zero-order valence-electron chi connectivity index (χ0n) is 15.5. The lowest BCUT2D eigenvalue weighted by molar-refractivity contribution is 0.0689. The summed E-state index contributed by atoms with van der Waals surface area (Å²) < 4.78 is 24.8. The summed E-state index contributed by atoms with van der Waals surface area (Å²) in [6.45, 7) is 0.519. The van der Waals surface area contributed by atoms with Crippen LogP contribution in [0.1, 0.15) is 37.8 Å². The summed E-state index contributed by atoms with van der Waals surface area (Å²) >= 11 is 0. The highest BCUT2D eigenvalue weighted by molar-refractivity contribution is 6.00. The fraction of sp³-hybridized carbons (Fsp3) is 0.364. The smallest absolute Gasteiger partial charge is 0.339 e. The number of fused-ring (bicyclic) bond motifs is 2. The highest BCUT2D eigenvalue weighted by Crippen LogP contribution is 2.46.